The first-order valence-corrected chi connectivity index (χ1v) is 10.1. The molecule has 1 aliphatic rings. The molecule has 0 saturated carbocycles. The van der Waals surface area contributed by atoms with Gasteiger partial charge in [-0.1, -0.05) is 24.3 Å². The molecular weight excluding hydrogens is 471 g/mol. The number of aryl methyl sites for hydroxylation is 2. The summed E-state index contributed by atoms with van der Waals surface area (Å²) in [5.74, 6) is 0.806. The van der Waals surface area contributed by atoms with Gasteiger partial charge in [0.25, 0.3) is 0 Å². The maximum absolute atomic E-state index is 6.15. The van der Waals surface area contributed by atoms with Crippen LogP contribution in [0.1, 0.15) is 46.4 Å². The SMILES string of the molecule is CN=C(NCCCOC1CCCc2ccccc21)NCc1ncc(C)s1.I. The summed E-state index contributed by atoms with van der Waals surface area (Å²) in [6.45, 7) is 4.37. The lowest BCUT2D eigenvalue weighted by atomic mass is 9.89. The first-order valence-electron chi connectivity index (χ1n) is 9.31. The van der Waals surface area contributed by atoms with Crippen LogP contribution in [0.15, 0.2) is 35.5 Å². The number of aliphatic imine (C=N–C) groups is 1. The number of fused-ring (bicyclic) bond motifs is 1. The average molecular weight is 500 g/mol. The van der Waals surface area contributed by atoms with Crippen molar-refractivity contribution in [2.75, 3.05) is 20.2 Å². The predicted octanol–water partition coefficient (Wildman–Crippen LogP) is 4.22. The minimum atomic E-state index is 0. The number of aromatic nitrogens is 1. The average Bonchev–Trinajstić information content (AvgIpc) is 3.09. The van der Waals surface area contributed by atoms with E-state index in [9.17, 15) is 0 Å². The molecule has 1 heterocycles. The number of rotatable bonds is 7. The van der Waals surface area contributed by atoms with Gasteiger partial charge in [0, 0.05) is 31.3 Å². The lowest BCUT2D eigenvalue weighted by Crippen LogP contribution is -2.37. The van der Waals surface area contributed by atoms with Crippen LogP contribution >= 0.6 is 35.3 Å². The fraction of sp³-hybridized carbons (Fsp3) is 0.500. The number of thiazole rings is 1. The maximum Gasteiger partial charge on any atom is 0.191 e. The van der Waals surface area contributed by atoms with Crippen LogP contribution in [-0.2, 0) is 17.7 Å². The molecule has 1 atom stereocenters. The zero-order valence-electron chi connectivity index (χ0n) is 16.0. The second-order valence-electron chi connectivity index (χ2n) is 6.52. The highest BCUT2D eigenvalue weighted by Crippen LogP contribution is 2.32. The highest BCUT2D eigenvalue weighted by molar-refractivity contribution is 14.0. The van der Waals surface area contributed by atoms with Crippen molar-refractivity contribution in [1.29, 1.82) is 0 Å². The van der Waals surface area contributed by atoms with Crippen molar-refractivity contribution in [2.24, 2.45) is 4.99 Å². The molecule has 1 aromatic carbocycles. The van der Waals surface area contributed by atoms with Gasteiger partial charge in [0.05, 0.1) is 12.6 Å². The fourth-order valence-corrected chi connectivity index (χ4v) is 3.98. The zero-order chi connectivity index (χ0) is 18.2. The highest BCUT2D eigenvalue weighted by atomic mass is 127. The number of hydrogen-bond donors (Lipinski definition) is 2. The Hall–Kier alpha value is -1.19. The molecule has 1 aromatic heterocycles. The van der Waals surface area contributed by atoms with Crippen LogP contribution in [-0.4, -0.2) is 31.1 Å². The van der Waals surface area contributed by atoms with Gasteiger partial charge in [-0.05, 0) is 43.7 Å². The Morgan fingerprint density at radius 2 is 2.19 bits per heavy atom. The van der Waals surface area contributed by atoms with E-state index in [1.807, 2.05) is 6.20 Å². The first-order chi connectivity index (χ1) is 12.8. The van der Waals surface area contributed by atoms with Gasteiger partial charge in [0.2, 0.25) is 0 Å². The number of nitrogens with zero attached hydrogens (tertiary/aromatic N) is 2. The molecule has 0 fully saturated rings. The standard InChI is InChI=1S/C20H28N4OS.HI/c1-15-13-23-19(26-15)14-24-20(21-2)22-11-6-12-25-18-10-5-8-16-7-3-4-9-17(16)18;/h3-4,7,9,13,18H,5-6,8,10-12,14H2,1-2H3,(H2,21,22,24);1H. The number of guanidine groups is 1. The van der Waals surface area contributed by atoms with E-state index < -0.39 is 0 Å². The molecule has 3 rings (SSSR count). The lowest BCUT2D eigenvalue weighted by Gasteiger charge is -2.25. The molecule has 0 aliphatic heterocycles. The van der Waals surface area contributed by atoms with Gasteiger partial charge in [-0.15, -0.1) is 35.3 Å². The van der Waals surface area contributed by atoms with Crippen LogP contribution in [0.2, 0.25) is 0 Å². The van der Waals surface area contributed by atoms with Gasteiger partial charge in [0.15, 0.2) is 5.96 Å². The summed E-state index contributed by atoms with van der Waals surface area (Å²) >= 11 is 1.71. The van der Waals surface area contributed by atoms with E-state index in [2.05, 4.69) is 51.8 Å². The van der Waals surface area contributed by atoms with Crippen LogP contribution in [0.3, 0.4) is 0 Å². The summed E-state index contributed by atoms with van der Waals surface area (Å²) < 4.78 is 6.15. The van der Waals surface area contributed by atoms with Crippen LogP contribution in [0.25, 0.3) is 0 Å². The van der Waals surface area contributed by atoms with Gasteiger partial charge in [-0.3, -0.25) is 4.99 Å². The van der Waals surface area contributed by atoms with E-state index in [0.717, 1.165) is 37.0 Å². The molecule has 0 spiro atoms. The largest absolute Gasteiger partial charge is 0.373 e. The van der Waals surface area contributed by atoms with Crippen molar-refractivity contribution < 1.29 is 4.74 Å². The van der Waals surface area contributed by atoms with Crippen LogP contribution in [0.4, 0.5) is 0 Å². The van der Waals surface area contributed by atoms with Crippen molar-refractivity contribution in [3.8, 4) is 0 Å². The van der Waals surface area contributed by atoms with E-state index in [4.69, 9.17) is 4.74 Å². The van der Waals surface area contributed by atoms with Crippen LogP contribution < -0.4 is 10.6 Å². The third-order valence-corrected chi connectivity index (χ3v) is 5.46. The summed E-state index contributed by atoms with van der Waals surface area (Å²) in [6.07, 6.45) is 6.63. The third-order valence-electron chi connectivity index (χ3n) is 4.55. The quantitative estimate of drug-likeness (QED) is 0.259. The topological polar surface area (TPSA) is 58.5 Å². The molecule has 2 aromatic rings. The van der Waals surface area contributed by atoms with Gasteiger partial charge in [-0.2, -0.15) is 0 Å². The molecule has 0 bridgehead atoms. The molecular formula is C20H29IN4OS. The highest BCUT2D eigenvalue weighted by Gasteiger charge is 2.19. The number of nitrogens with one attached hydrogen (secondary N) is 2. The van der Waals surface area contributed by atoms with E-state index in [0.29, 0.717) is 6.54 Å². The van der Waals surface area contributed by atoms with Crippen molar-refractivity contribution in [1.82, 2.24) is 15.6 Å². The predicted molar refractivity (Wildman–Crippen MR) is 123 cm³/mol. The molecule has 1 unspecified atom stereocenters. The molecule has 27 heavy (non-hydrogen) atoms. The molecule has 148 valence electrons. The van der Waals surface area contributed by atoms with Crippen molar-refractivity contribution in [3.63, 3.8) is 0 Å². The fourth-order valence-electron chi connectivity index (χ4n) is 3.25. The number of halogens is 1. The van der Waals surface area contributed by atoms with Gasteiger partial charge < -0.3 is 15.4 Å². The Morgan fingerprint density at radius 1 is 1.33 bits per heavy atom. The summed E-state index contributed by atoms with van der Waals surface area (Å²) in [7, 11) is 1.79. The van der Waals surface area contributed by atoms with Crippen molar-refractivity contribution >= 4 is 41.3 Å². The first kappa shape index (κ1) is 22.1. The monoisotopic (exact) mass is 500 g/mol. The Labute approximate surface area is 183 Å². The minimum absolute atomic E-state index is 0. The molecule has 1 aliphatic carbocycles. The number of benzene rings is 1. The molecule has 5 nitrogen and oxygen atoms in total. The summed E-state index contributed by atoms with van der Waals surface area (Å²) in [6, 6.07) is 8.67. The van der Waals surface area contributed by atoms with Crippen LogP contribution in [0.5, 0.6) is 0 Å². The van der Waals surface area contributed by atoms with E-state index in [1.54, 1.807) is 18.4 Å². The molecule has 2 N–H and O–H groups in total. The Kier molecular flexibility index (Phi) is 9.50. The van der Waals surface area contributed by atoms with Crippen LogP contribution in [0, 0.1) is 6.92 Å². The van der Waals surface area contributed by atoms with E-state index in [1.165, 1.54) is 28.8 Å². The third kappa shape index (κ3) is 6.73. The van der Waals surface area contributed by atoms with Gasteiger partial charge in [0.1, 0.15) is 5.01 Å². The maximum atomic E-state index is 6.15. The minimum Gasteiger partial charge on any atom is -0.373 e. The van der Waals surface area contributed by atoms with Gasteiger partial charge in [-0.25, -0.2) is 4.98 Å². The summed E-state index contributed by atoms with van der Waals surface area (Å²) in [5.41, 5.74) is 2.83. The lowest BCUT2D eigenvalue weighted by molar-refractivity contribution is 0.0398. The zero-order valence-corrected chi connectivity index (χ0v) is 19.2. The molecule has 7 heteroatoms. The molecule has 0 amide bonds. The second-order valence-corrected chi connectivity index (χ2v) is 7.84. The van der Waals surface area contributed by atoms with E-state index >= 15 is 0 Å². The Balaban J connectivity index is 0.00000261. The van der Waals surface area contributed by atoms with Gasteiger partial charge >= 0.3 is 0 Å². The second kappa shape index (κ2) is 11.6. The summed E-state index contributed by atoms with van der Waals surface area (Å²) in [4.78, 5) is 9.84. The number of ether oxygens (including phenoxy) is 1. The normalized spacial score (nSPS) is 16.4. The number of hydrogen-bond acceptors (Lipinski definition) is 4. The van der Waals surface area contributed by atoms with Crippen molar-refractivity contribution in [3.05, 3.63) is 51.5 Å². The smallest absolute Gasteiger partial charge is 0.191 e. The van der Waals surface area contributed by atoms with E-state index in [-0.39, 0.29) is 30.1 Å². The molecule has 0 radical (unpaired) electrons. The molecule has 0 saturated heterocycles. The Morgan fingerprint density at radius 3 is 2.96 bits per heavy atom. The van der Waals surface area contributed by atoms with Crippen molar-refractivity contribution in [2.45, 2.75) is 45.3 Å². The Bertz CT molecular complexity index is 734. The summed E-state index contributed by atoms with van der Waals surface area (Å²) in [5, 5.41) is 7.71.